The van der Waals surface area contributed by atoms with Crippen LogP contribution in [0.4, 0.5) is 24.7 Å². The van der Waals surface area contributed by atoms with Crippen molar-refractivity contribution in [2.75, 3.05) is 11.9 Å². The normalized spacial score (nSPS) is 16.5. The standard InChI is InChI=1S/C22H28F3N3O/c1-4-15(2)16-10-12-17(13-11-16)28(3)20-19(22(23,24)25)14-26-21(27-20)29-18-8-6-5-7-9-18/h10-15,18H,4-9H2,1-3H3. The molecule has 1 fully saturated rings. The van der Waals surface area contributed by atoms with Crippen LogP contribution in [0.1, 0.15) is 69.4 Å². The highest BCUT2D eigenvalue weighted by atomic mass is 19.4. The second-order valence-corrected chi connectivity index (χ2v) is 7.73. The van der Waals surface area contributed by atoms with E-state index >= 15 is 0 Å². The van der Waals surface area contributed by atoms with Crippen LogP contribution < -0.4 is 9.64 Å². The number of rotatable bonds is 6. The molecule has 0 radical (unpaired) electrons. The molecule has 158 valence electrons. The molecular formula is C22H28F3N3O. The summed E-state index contributed by atoms with van der Waals surface area (Å²) in [6, 6.07) is 7.56. The van der Waals surface area contributed by atoms with E-state index in [1.54, 1.807) is 7.05 Å². The van der Waals surface area contributed by atoms with Gasteiger partial charge in [-0.2, -0.15) is 18.2 Å². The Bertz CT molecular complexity index is 802. The Balaban J connectivity index is 1.90. The molecule has 1 aliphatic rings. The number of ether oxygens (including phenoxy) is 1. The average Bonchev–Trinajstić information content (AvgIpc) is 2.72. The minimum Gasteiger partial charge on any atom is -0.460 e. The van der Waals surface area contributed by atoms with Crippen LogP contribution in [-0.4, -0.2) is 23.1 Å². The molecule has 3 rings (SSSR count). The lowest BCUT2D eigenvalue weighted by atomic mass is 9.98. The number of hydrogen-bond donors (Lipinski definition) is 0. The fraction of sp³-hybridized carbons (Fsp3) is 0.545. The quantitative estimate of drug-likeness (QED) is 0.549. The van der Waals surface area contributed by atoms with Crippen molar-refractivity contribution in [3.05, 3.63) is 41.6 Å². The molecule has 1 aromatic carbocycles. The van der Waals surface area contributed by atoms with Crippen LogP contribution in [0.15, 0.2) is 30.5 Å². The lowest BCUT2D eigenvalue weighted by Crippen LogP contribution is -2.23. The molecule has 0 spiro atoms. The van der Waals surface area contributed by atoms with Crippen molar-refractivity contribution in [3.63, 3.8) is 0 Å². The minimum absolute atomic E-state index is 0.00275. The Morgan fingerprint density at radius 1 is 1.14 bits per heavy atom. The van der Waals surface area contributed by atoms with E-state index in [0.717, 1.165) is 50.3 Å². The zero-order valence-corrected chi connectivity index (χ0v) is 17.2. The Kier molecular flexibility index (Phi) is 6.65. The van der Waals surface area contributed by atoms with Crippen molar-refractivity contribution in [1.29, 1.82) is 0 Å². The second kappa shape index (κ2) is 9.01. The molecule has 7 heteroatoms. The second-order valence-electron chi connectivity index (χ2n) is 7.73. The maximum absolute atomic E-state index is 13.6. The van der Waals surface area contributed by atoms with Gasteiger partial charge in [0.1, 0.15) is 11.7 Å². The van der Waals surface area contributed by atoms with Gasteiger partial charge in [-0.15, -0.1) is 0 Å². The monoisotopic (exact) mass is 407 g/mol. The van der Waals surface area contributed by atoms with Crippen LogP contribution in [0.3, 0.4) is 0 Å². The number of hydrogen-bond acceptors (Lipinski definition) is 4. The van der Waals surface area contributed by atoms with Gasteiger partial charge in [0.15, 0.2) is 5.82 Å². The van der Waals surface area contributed by atoms with Gasteiger partial charge in [0.2, 0.25) is 0 Å². The lowest BCUT2D eigenvalue weighted by molar-refractivity contribution is -0.137. The van der Waals surface area contributed by atoms with Crippen LogP contribution in [0.5, 0.6) is 6.01 Å². The third-order valence-corrected chi connectivity index (χ3v) is 5.66. The summed E-state index contributed by atoms with van der Waals surface area (Å²) in [6.07, 6.45) is 2.28. The lowest BCUT2D eigenvalue weighted by Gasteiger charge is -2.25. The molecule has 0 aliphatic heterocycles. The largest absolute Gasteiger partial charge is 0.460 e. The number of halogens is 3. The van der Waals surface area contributed by atoms with Crippen molar-refractivity contribution in [2.45, 2.75) is 70.6 Å². The fourth-order valence-electron chi connectivity index (χ4n) is 3.59. The molecular weight excluding hydrogens is 379 g/mol. The molecule has 1 saturated carbocycles. The average molecular weight is 407 g/mol. The van der Waals surface area contributed by atoms with Gasteiger partial charge in [0.25, 0.3) is 0 Å². The zero-order valence-electron chi connectivity index (χ0n) is 17.2. The van der Waals surface area contributed by atoms with Gasteiger partial charge >= 0.3 is 12.2 Å². The van der Waals surface area contributed by atoms with E-state index in [9.17, 15) is 13.2 Å². The molecule has 0 bridgehead atoms. The summed E-state index contributed by atoms with van der Waals surface area (Å²) in [5, 5.41) is 0. The first-order valence-electron chi connectivity index (χ1n) is 10.2. The highest BCUT2D eigenvalue weighted by Crippen LogP contribution is 2.38. The number of anilines is 2. The highest BCUT2D eigenvalue weighted by Gasteiger charge is 2.37. The first kappa shape index (κ1) is 21.4. The van der Waals surface area contributed by atoms with Gasteiger partial charge in [-0.05, 0) is 55.7 Å². The van der Waals surface area contributed by atoms with E-state index in [1.807, 2.05) is 24.3 Å². The first-order chi connectivity index (χ1) is 13.8. The van der Waals surface area contributed by atoms with Gasteiger partial charge in [-0.25, -0.2) is 4.98 Å². The number of alkyl halides is 3. The Hall–Kier alpha value is -2.31. The number of aromatic nitrogens is 2. The molecule has 0 N–H and O–H groups in total. The van der Waals surface area contributed by atoms with Crippen molar-refractivity contribution in [2.24, 2.45) is 0 Å². The molecule has 4 nitrogen and oxygen atoms in total. The molecule has 0 amide bonds. The first-order valence-corrected chi connectivity index (χ1v) is 10.2. The van der Waals surface area contributed by atoms with Gasteiger partial charge in [0.05, 0.1) is 0 Å². The Morgan fingerprint density at radius 3 is 2.38 bits per heavy atom. The van der Waals surface area contributed by atoms with Crippen LogP contribution >= 0.6 is 0 Å². The summed E-state index contributed by atoms with van der Waals surface area (Å²) in [5.41, 5.74) is 0.913. The van der Waals surface area contributed by atoms with E-state index in [4.69, 9.17) is 4.74 Å². The predicted molar refractivity (Wildman–Crippen MR) is 108 cm³/mol. The summed E-state index contributed by atoms with van der Waals surface area (Å²) in [4.78, 5) is 9.44. The zero-order chi connectivity index (χ0) is 21.0. The number of benzene rings is 1. The summed E-state index contributed by atoms with van der Waals surface area (Å²) in [5.74, 6) is 0.198. The van der Waals surface area contributed by atoms with Crippen molar-refractivity contribution in [1.82, 2.24) is 9.97 Å². The van der Waals surface area contributed by atoms with Gasteiger partial charge in [-0.3, -0.25) is 0 Å². The molecule has 1 aromatic heterocycles. The summed E-state index contributed by atoms with van der Waals surface area (Å²) in [7, 11) is 1.58. The summed E-state index contributed by atoms with van der Waals surface area (Å²) < 4.78 is 46.5. The molecule has 0 saturated heterocycles. The van der Waals surface area contributed by atoms with Crippen LogP contribution in [-0.2, 0) is 6.18 Å². The van der Waals surface area contributed by atoms with E-state index in [0.29, 0.717) is 11.6 Å². The smallest absolute Gasteiger partial charge is 0.421 e. The Morgan fingerprint density at radius 2 is 1.79 bits per heavy atom. The molecule has 2 aromatic rings. The molecule has 1 unspecified atom stereocenters. The van der Waals surface area contributed by atoms with Crippen LogP contribution in [0, 0.1) is 0 Å². The van der Waals surface area contributed by atoms with Crippen molar-refractivity contribution >= 4 is 11.5 Å². The molecule has 29 heavy (non-hydrogen) atoms. The third-order valence-electron chi connectivity index (χ3n) is 5.66. The third kappa shape index (κ3) is 5.19. The molecule has 1 atom stereocenters. The molecule has 1 heterocycles. The fourth-order valence-corrected chi connectivity index (χ4v) is 3.59. The van der Waals surface area contributed by atoms with Crippen LogP contribution in [0.2, 0.25) is 0 Å². The highest BCUT2D eigenvalue weighted by molar-refractivity contribution is 5.63. The van der Waals surface area contributed by atoms with Crippen LogP contribution in [0.25, 0.3) is 0 Å². The van der Waals surface area contributed by atoms with Crippen molar-refractivity contribution in [3.8, 4) is 6.01 Å². The Labute approximate surface area is 170 Å². The summed E-state index contributed by atoms with van der Waals surface area (Å²) >= 11 is 0. The van der Waals surface area contributed by atoms with E-state index in [-0.39, 0.29) is 17.9 Å². The minimum atomic E-state index is -4.55. The van der Waals surface area contributed by atoms with E-state index in [1.165, 1.54) is 4.90 Å². The maximum atomic E-state index is 13.6. The maximum Gasteiger partial charge on any atom is 0.421 e. The molecule has 1 aliphatic carbocycles. The van der Waals surface area contributed by atoms with E-state index in [2.05, 4.69) is 23.8 Å². The topological polar surface area (TPSA) is 38.2 Å². The van der Waals surface area contributed by atoms with Gasteiger partial charge < -0.3 is 9.64 Å². The predicted octanol–water partition coefficient (Wildman–Crippen LogP) is 6.49. The van der Waals surface area contributed by atoms with Crippen molar-refractivity contribution < 1.29 is 17.9 Å². The SMILES string of the molecule is CCC(C)c1ccc(N(C)c2nc(OC3CCCCC3)ncc2C(F)(F)F)cc1. The van der Waals surface area contributed by atoms with Gasteiger partial charge in [0, 0.05) is 18.9 Å². The van der Waals surface area contributed by atoms with E-state index < -0.39 is 11.7 Å². The van der Waals surface area contributed by atoms with Gasteiger partial charge in [-0.1, -0.05) is 32.4 Å². The summed E-state index contributed by atoms with van der Waals surface area (Å²) in [6.45, 7) is 4.23. The number of nitrogens with zero attached hydrogens (tertiary/aromatic N) is 3.